The summed E-state index contributed by atoms with van der Waals surface area (Å²) in [6.07, 6.45) is 8.84. The van der Waals surface area contributed by atoms with Crippen molar-refractivity contribution < 1.29 is 44.3 Å². The van der Waals surface area contributed by atoms with E-state index >= 15 is 0 Å². The number of hydrogen-bond donors (Lipinski definition) is 0. The molecule has 0 nitrogen and oxygen atoms in total. The van der Waals surface area contributed by atoms with Crippen LogP contribution in [0.3, 0.4) is 0 Å². The van der Waals surface area contributed by atoms with Crippen LogP contribution in [0.25, 0.3) is 0 Å². The second kappa shape index (κ2) is 60.1. The van der Waals surface area contributed by atoms with E-state index in [1.807, 2.05) is 49.1 Å². The van der Waals surface area contributed by atoms with Gasteiger partial charge in [0.1, 0.15) is 47.7 Å². The minimum Gasteiger partial charge on any atom is -0.0620 e. The average Bonchev–Trinajstić information content (AvgIpc) is 3.70. The van der Waals surface area contributed by atoms with Crippen molar-refractivity contribution in [2.24, 2.45) is 0 Å². The Hall–Kier alpha value is -1.55. The Balaban J connectivity index is -0.000000324. The SMILES string of the molecule is C.C#CC(C)(C)Cl.CC(C)=C[CH]=[Ru]([Cl])[Cl].CC(C)=C[CH]=[Ru]([Cl])[Cl].P.P.PP.[B].[CH3-].[CH3-].[Cl][RuH].c1ccc([PH+](c2ccccc2)c2ccccc2)cc1.c1ccc([PH+](c2ccccc2)c2ccccc2)cc1.c1ccc([PH+](c2ccccc2)c2ccccc2)cc1. The van der Waals surface area contributed by atoms with E-state index in [2.05, 4.69) is 306 Å². The Morgan fingerprint density at radius 3 is 0.562 bits per heavy atom. The van der Waals surface area contributed by atoms with Crippen molar-refractivity contribution in [2.45, 2.75) is 53.8 Å². The van der Waals surface area contributed by atoms with Gasteiger partial charge in [0.15, 0.2) is 0 Å². The Labute approximate surface area is 601 Å². The van der Waals surface area contributed by atoms with Crippen LogP contribution in [0, 0.1) is 27.2 Å². The third-order valence-corrected chi connectivity index (χ3v) is 22.7. The normalized spacial score (nSPS) is 9.46. The van der Waals surface area contributed by atoms with Crippen molar-refractivity contribution in [2.75, 3.05) is 0 Å². The Morgan fingerprint density at radius 1 is 0.382 bits per heavy atom. The van der Waals surface area contributed by atoms with Gasteiger partial charge in [0, 0.05) is 8.41 Å². The maximum atomic E-state index is 5.53. The molecule has 4 unspecified atom stereocenters. The molecule has 4 atom stereocenters. The van der Waals surface area contributed by atoms with Crippen molar-refractivity contribution in [3.05, 3.63) is 311 Å². The first-order chi connectivity index (χ1) is 40.2. The van der Waals surface area contributed by atoms with Gasteiger partial charge in [-0.25, -0.2) is 0 Å². The molecule has 9 aromatic carbocycles. The number of allylic oxidation sites excluding steroid dienone is 4. The van der Waals surface area contributed by atoms with Crippen molar-refractivity contribution >= 4 is 187 Å². The van der Waals surface area contributed by atoms with E-state index in [-0.39, 0.29) is 50.5 Å². The molecule has 0 aliphatic heterocycles. The summed E-state index contributed by atoms with van der Waals surface area (Å²) in [5, 5.41) is 12.9. The maximum absolute atomic E-state index is 5.53. The van der Waals surface area contributed by atoms with E-state index < -0.39 is 55.7 Å². The van der Waals surface area contributed by atoms with Gasteiger partial charge in [-0.15, -0.1) is 35.9 Å². The first kappa shape index (κ1) is 96.1. The summed E-state index contributed by atoms with van der Waals surface area (Å²) in [4.78, 5) is -0.458. The largest absolute Gasteiger partial charge is 0.102 e. The fourth-order valence-electron chi connectivity index (χ4n) is 7.27. The number of benzene rings is 9. The molecule has 0 saturated heterocycles. The molecule has 17 heteroatoms. The van der Waals surface area contributed by atoms with Crippen molar-refractivity contribution in [3.63, 3.8) is 0 Å². The topological polar surface area (TPSA) is 0 Å². The molecule has 89 heavy (non-hydrogen) atoms. The van der Waals surface area contributed by atoms with Crippen LogP contribution >= 0.6 is 121 Å². The summed E-state index contributed by atoms with van der Waals surface area (Å²) >= 11 is 4.07. The molecule has 0 aliphatic carbocycles. The van der Waals surface area contributed by atoms with E-state index in [1.54, 1.807) is 31.2 Å². The van der Waals surface area contributed by atoms with Gasteiger partial charge >= 0.3 is 153 Å². The molecule has 0 spiro atoms. The van der Waals surface area contributed by atoms with E-state index in [0.717, 1.165) is 0 Å². The fourth-order valence-corrected chi connectivity index (χ4v) is 17.7. The number of rotatable bonds is 11. The van der Waals surface area contributed by atoms with Gasteiger partial charge in [-0.1, -0.05) is 177 Å². The average molecular weight is 1700 g/mol. The molecule has 0 N–H and O–H groups in total. The first-order valence-electron chi connectivity index (χ1n) is 25.8. The standard InChI is InChI=1S/3C18H15P.C5H7Cl.2C5H8.CH4.2CH3.B.5ClH.H4P2.2H3P.3Ru.H/c3*1-4-10-16(11-5-1)19(17-12-6-2-7-13-17)18-14-8-3-9-15-18;1-4-5(2,3)6;2*1-4-5(2)3;;;;;;;;;;1-2;;;;;;/h3*1-15H;1H,2-3H3;2*1,4H,2-3H3;1H4;2*1H3;;5*1H;1-2H2;2*1H3;;;;/q;;;;;;;2*-1;;;;;;;;;;+1;2*+2;/p-2. The van der Waals surface area contributed by atoms with E-state index in [9.17, 15) is 0 Å². The molecular weight excluding hydrogens is 1610 g/mol. The molecule has 0 saturated carbocycles. The van der Waals surface area contributed by atoms with Crippen molar-refractivity contribution in [3.8, 4) is 12.3 Å². The molecule has 3 radical (unpaired) electrons. The summed E-state index contributed by atoms with van der Waals surface area (Å²) in [5.74, 6) is 2.37. The van der Waals surface area contributed by atoms with Crippen LogP contribution in [0.4, 0.5) is 0 Å². The zero-order valence-corrected chi connectivity index (χ0v) is 69.4. The van der Waals surface area contributed by atoms with Crippen LogP contribution in [-0.2, 0) is 44.3 Å². The van der Waals surface area contributed by atoms with Crippen LogP contribution in [0.15, 0.2) is 296 Å². The smallest absolute Gasteiger partial charge is 0.0620 e. The quantitative estimate of drug-likeness (QED) is 0.0398. The second-order valence-electron chi connectivity index (χ2n) is 18.2. The van der Waals surface area contributed by atoms with E-state index in [1.165, 1.54) is 58.9 Å². The van der Waals surface area contributed by atoms with Crippen LogP contribution < -0.4 is 47.7 Å². The van der Waals surface area contributed by atoms with Crippen LogP contribution in [0.2, 0.25) is 0 Å². The molecule has 9 rings (SSSR count). The van der Waals surface area contributed by atoms with E-state index in [4.69, 9.17) is 56.8 Å². The third-order valence-electron chi connectivity index (χ3n) is 10.9. The van der Waals surface area contributed by atoms with Crippen LogP contribution in [0.1, 0.15) is 49.0 Å². The van der Waals surface area contributed by atoms with E-state index in [0.29, 0.717) is 0 Å². The molecule has 0 aromatic heterocycles. The summed E-state index contributed by atoms with van der Waals surface area (Å²) in [7, 11) is 28.8. The summed E-state index contributed by atoms with van der Waals surface area (Å²) in [5.41, 5.74) is 2.48. The van der Waals surface area contributed by atoms with Gasteiger partial charge in [0.2, 0.25) is 0 Å². The Bertz CT molecular complexity index is 2600. The summed E-state index contributed by atoms with van der Waals surface area (Å²) < 4.78 is 3.76. The molecule has 0 bridgehead atoms. The second-order valence-corrected chi connectivity index (χ2v) is 38.2. The number of alkyl halides is 1. The predicted molar refractivity (Wildman–Crippen MR) is 437 cm³/mol. The first-order valence-corrected chi connectivity index (χ1v) is 46.7. The fraction of sp³-hybridized carbons (Fsp3) is 0.111. The number of hydrogen-bond acceptors (Lipinski definition) is 0. The van der Waals surface area contributed by atoms with Gasteiger partial charge in [-0.3, -0.25) is 0 Å². The molecule has 0 amide bonds. The molecule has 0 fully saturated rings. The summed E-state index contributed by atoms with van der Waals surface area (Å²) in [6, 6.07) is 97.5. The third kappa shape index (κ3) is 43.2. The maximum Gasteiger partial charge on any atom is 0.102 e. The van der Waals surface area contributed by atoms with Crippen LogP contribution in [0.5, 0.6) is 0 Å². The van der Waals surface area contributed by atoms with Crippen molar-refractivity contribution in [1.29, 1.82) is 0 Å². The number of terminal acetylenes is 1. The molecule has 9 aromatic rings. The van der Waals surface area contributed by atoms with Crippen molar-refractivity contribution in [1.82, 2.24) is 0 Å². The summed E-state index contributed by atoms with van der Waals surface area (Å²) in [6.45, 7) is 11.6. The molecule has 483 valence electrons. The zero-order chi connectivity index (χ0) is 61.1. The molecular formula is C72H92BCl6P7Ru3+. The van der Waals surface area contributed by atoms with Gasteiger partial charge in [0.05, 0.1) is 28.6 Å². The van der Waals surface area contributed by atoms with Gasteiger partial charge < -0.3 is 14.9 Å². The number of halogens is 6. The van der Waals surface area contributed by atoms with Gasteiger partial charge in [-0.05, 0) is 123 Å². The minimum atomic E-state index is -1.52. The minimum absolute atomic E-state index is 0. The molecule has 0 aliphatic rings. The Kier molecular flexibility index (Phi) is 65.0. The predicted octanol–water partition coefficient (Wildman–Crippen LogP) is 18.9. The van der Waals surface area contributed by atoms with Gasteiger partial charge in [0.25, 0.3) is 0 Å². The zero-order valence-electron chi connectivity index (χ0n) is 51.4. The Morgan fingerprint density at radius 2 is 0.494 bits per heavy atom. The van der Waals surface area contributed by atoms with Gasteiger partial charge in [-0.2, -0.15) is 19.8 Å². The molecule has 0 heterocycles. The monoisotopic (exact) mass is 1700 g/mol. The van der Waals surface area contributed by atoms with Crippen LogP contribution in [-0.4, -0.2) is 22.5 Å².